The Balaban J connectivity index is 2.11. The maximum Gasteiger partial charge on any atom is 0.247 e. The molecule has 1 aliphatic carbocycles. The highest BCUT2D eigenvalue weighted by molar-refractivity contribution is 5.95. The predicted octanol–water partition coefficient (Wildman–Crippen LogP) is 3.13. The second-order valence-electron chi connectivity index (χ2n) is 5.01. The molecule has 0 radical (unpaired) electrons. The zero-order chi connectivity index (χ0) is 14.5. The van der Waals surface area contributed by atoms with Crippen molar-refractivity contribution in [3.63, 3.8) is 0 Å². The van der Waals surface area contributed by atoms with Crippen molar-refractivity contribution in [1.29, 1.82) is 5.26 Å². The van der Waals surface area contributed by atoms with Crippen LogP contribution in [0.25, 0.3) is 5.57 Å². The molecule has 1 aliphatic rings. The Bertz CT molecular complexity index is 570. The van der Waals surface area contributed by atoms with E-state index in [2.05, 4.69) is 6.07 Å². The Labute approximate surface area is 118 Å². The summed E-state index contributed by atoms with van der Waals surface area (Å²) < 4.78 is 13.2. The van der Waals surface area contributed by atoms with Crippen molar-refractivity contribution < 1.29 is 9.18 Å². The van der Waals surface area contributed by atoms with Crippen LogP contribution in [0.1, 0.15) is 31.7 Å². The van der Waals surface area contributed by atoms with E-state index in [9.17, 15) is 9.18 Å². The molecule has 104 valence electrons. The van der Waals surface area contributed by atoms with Crippen LogP contribution in [0, 0.1) is 17.1 Å². The van der Waals surface area contributed by atoms with Crippen molar-refractivity contribution in [1.82, 2.24) is 4.90 Å². The molecule has 0 N–H and O–H groups in total. The van der Waals surface area contributed by atoms with Gasteiger partial charge >= 0.3 is 0 Å². The van der Waals surface area contributed by atoms with Gasteiger partial charge in [-0.1, -0.05) is 12.1 Å². The number of benzene rings is 1. The topological polar surface area (TPSA) is 44.1 Å². The smallest absolute Gasteiger partial charge is 0.247 e. The number of hydrogen-bond donors (Lipinski definition) is 0. The fourth-order valence-electron chi connectivity index (χ4n) is 2.11. The quantitative estimate of drug-likeness (QED) is 0.773. The Hall–Kier alpha value is -2.15. The maximum absolute atomic E-state index is 13.2. The Morgan fingerprint density at radius 1 is 1.55 bits per heavy atom. The third-order valence-electron chi connectivity index (χ3n) is 3.36. The van der Waals surface area contributed by atoms with Gasteiger partial charge in [-0.15, -0.1) is 0 Å². The molecule has 0 spiro atoms. The number of carbonyl (C=O) groups excluding carboxylic acids is 1. The second-order valence-corrected chi connectivity index (χ2v) is 5.01. The van der Waals surface area contributed by atoms with Gasteiger partial charge in [0, 0.05) is 18.7 Å². The molecule has 0 aromatic heterocycles. The molecule has 0 unspecified atom stereocenters. The van der Waals surface area contributed by atoms with E-state index in [0.717, 1.165) is 18.4 Å². The summed E-state index contributed by atoms with van der Waals surface area (Å²) in [5.41, 5.74) is 1.44. The first-order valence-electron chi connectivity index (χ1n) is 6.73. The van der Waals surface area contributed by atoms with Gasteiger partial charge in [-0.25, -0.2) is 4.39 Å². The third kappa shape index (κ3) is 3.67. The van der Waals surface area contributed by atoms with E-state index in [-0.39, 0.29) is 17.8 Å². The minimum absolute atomic E-state index is 0.0930. The van der Waals surface area contributed by atoms with Crippen LogP contribution in [0.15, 0.2) is 30.3 Å². The van der Waals surface area contributed by atoms with Crippen LogP contribution in [0.5, 0.6) is 0 Å². The molecule has 1 saturated carbocycles. The van der Waals surface area contributed by atoms with Gasteiger partial charge in [0.25, 0.3) is 0 Å². The molecule has 0 aliphatic heterocycles. The summed E-state index contributed by atoms with van der Waals surface area (Å²) in [6.45, 7) is 2.26. The summed E-state index contributed by atoms with van der Waals surface area (Å²) in [4.78, 5) is 14.0. The Kier molecular flexibility index (Phi) is 4.52. The molecule has 1 fully saturated rings. The van der Waals surface area contributed by atoms with E-state index in [0.29, 0.717) is 18.5 Å². The molecule has 3 nitrogen and oxygen atoms in total. The highest BCUT2D eigenvalue weighted by Crippen LogP contribution is 2.27. The Morgan fingerprint density at radius 3 is 2.90 bits per heavy atom. The third-order valence-corrected chi connectivity index (χ3v) is 3.36. The van der Waals surface area contributed by atoms with Crippen molar-refractivity contribution in [3.05, 3.63) is 41.7 Å². The van der Waals surface area contributed by atoms with Crippen LogP contribution < -0.4 is 0 Å². The number of hydrogen-bond acceptors (Lipinski definition) is 2. The van der Waals surface area contributed by atoms with Crippen LogP contribution >= 0.6 is 0 Å². The first-order chi connectivity index (χ1) is 9.61. The van der Waals surface area contributed by atoms with Crippen LogP contribution in [0.2, 0.25) is 0 Å². The number of nitrogens with zero attached hydrogens (tertiary/aromatic N) is 2. The molecule has 2 rings (SSSR count). The lowest BCUT2D eigenvalue weighted by Crippen LogP contribution is -2.32. The summed E-state index contributed by atoms with van der Waals surface area (Å²) in [7, 11) is 0. The van der Waals surface area contributed by atoms with Crippen molar-refractivity contribution in [3.8, 4) is 6.07 Å². The number of carbonyl (C=O) groups is 1. The van der Waals surface area contributed by atoms with Gasteiger partial charge in [-0.05, 0) is 43.0 Å². The molecule has 1 amide bonds. The van der Waals surface area contributed by atoms with Crippen LogP contribution in [0.3, 0.4) is 0 Å². The number of rotatable bonds is 5. The lowest BCUT2D eigenvalue weighted by molar-refractivity contribution is -0.126. The normalized spacial score (nSPS) is 14.8. The van der Waals surface area contributed by atoms with Gasteiger partial charge in [0.2, 0.25) is 5.91 Å². The van der Waals surface area contributed by atoms with Crippen LogP contribution in [-0.4, -0.2) is 23.4 Å². The highest BCUT2D eigenvalue weighted by Gasteiger charge is 2.31. The maximum atomic E-state index is 13.2. The number of nitriles is 1. The fourth-order valence-corrected chi connectivity index (χ4v) is 2.11. The van der Waals surface area contributed by atoms with Gasteiger partial charge in [-0.2, -0.15) is 5.26 Å². The van der Waals surface area contributed by atoms with Crippen molar-refractivity contribution in [2.45, 2.75) is 32.2 Å². The zero-order valence-electron chi connectivity index (χ0n) is 11.5. The standard InChI is InChI=1S/C16H17FN2O/c1-12(13-4-2-5-14(17)11-13)10-16(20)19(9-3-8-18)15-6-7-15/h2,4-5,10-11,15H,3,6-7,9H2,1H3. The lowest BCUT2D eigenvalue weighted by Gasteiger charge is -2.19. The van der Waals surface area contributed by atoms with E-state index < -0.39 is 0 Å². The minimum Gasteiger partial charge on any atom is -0.335 e. The SMILES string of the molecule is CC(=CC(=O)N(CCC#N)C1CC1)c1cccc(F)c1. The van der Waals surface area contributed by atoms with Crippen LogP contribution in [-0.2, 0) is 4.79 Å². The fraction of sp³-hybridized carbons (Fsp3) is 0.375. The van der Waals surface area contributed by atoms with E-state index in [1.807, 2.05) is 0 Å². The summed E-state index contributed by atoms with van der Waals surface area (Å²) in [6.07, 6.45) is 3.88. The summed E-state index contributed by atoms with van der Waals surface area (Å²) in [6, 6.07) is 8.53. The monoisotopic (exact) mass is 272 g/mol. The zero-order valence-corrected chi connectivity index (χ0v) is 11.5. The van der Waals surface area contributed by atoms with E-state index >= 15 is 0 Å². The average Bonchev–Trinajstić information content (AvgIpc) is 3.23. The van der Waals surface area contributed by atoms with Gasteiger partial charge in [0.05, 0.1) is 12.5 Å². The molecular weight excluding hydrogens is 255 g/mol. The average molecular weight is 272 g/mol. The van der Waals surface area contributed by atoms with Crippen molar-refractivity contribution in [2.24, 2.45) is 0 Å². The van der Waals surface area contributed by atoms with Gasteiger partial charge in [0.15, 0.2) is 0 Å². The molecule has 0 saturated heterocycles. The molecule has 0 bridgehead atoms. The summed E-state index contributed by atoms with van der Waals surface area (Å²) in [5.74, 6) is -0.407. The first kappa shape index (κ1) is 14.3. The van der Waals surface area contributed by atoms with E-state index in [4.69, 9.17) is 5.26 Å². The van der Waals surface area contributed by atoms with Gasteiger partial charge in [0.1, 0.15) is 5.82 Å². The molecule has 1 aromatic rings. The molecule has 20 heavy (non-hydrogen) atoms. The predicted molar refractivity (Wildman–Crippen MR) is 75.0 cm³/mol. The number of amides is 1. The van der Waals surface area contributed by atoms with Crippen LogP contribution in [0.4, 0.5) is 4.39 Å². The molecule has 0 atom stereocenters. The summed E-state index contributed by atoms with van der Waals surface area (Å²) in [5, 5.41) is 8.64. The lowest BCUT2D eigenvalue weighted by atomic mass is 10.1. The van der Waals surface area contributed by atoms with Gasteiger partial charge < -0.3 is 4.90 Å². The molecule has 0 heterocycles. The van der Waals surface area contributed by atoms with Crippen molar-refractivity contribution in [2.75, 3.05) is 6.54 Å². The largest absolute Gasteiger partial charge is 0.335 e. The molecular formula is C16H17FN2O. The van der Waals surface area contributed by atoms with Crippen molar-refractivity contribution >= 4 is 11.5 Å². The van der Waals surface area contributed by atoms with E-state index in [1.54, 1.807) is 24.0 Å². The minimum atomic E-state index is -0.314. The first-order valence-corrected chi connectivity index (χ1v) is 6.73. The molecule has 1 aromatic carbocycles. The van der Waals surface area contributed by atoms with E-state index in [1.165, 1.54) is 18.2 Å². The van der Waals surface area contributed by atoms with Gasteiger partial charge in [-0.3, -0.25) is 4.79 Å². The highest BCUT2D eigenvalue weighted by atomic mass is 19.1. The number of halogens is 1. The number of allylic oxidation sites excluding steroid dienone is 1. The second kappa shape index (κ2) is 6.33. The summed E-state index contributed by atoms with van der Waals surface area (Å²) >= 11 is 0. The Morgan fingerprint density at radius 2 is 2.30 bits per heavy atom. The molecule has 4 heteroatoms.